The van der Waals surface area contributed by atoms with Crippen LogP contribution in [0.5, 0.6) is 0 Å². The lowest BCUT2D eigenvalue weighted by Crippen LogP contribution is -1.99. The molecule has 2 heterocycles. The number of rotatable bonds is 3. The molecule has 0 aliphatic rings. The van der Waals surface area contributed by atoms with E-state index in [1.807, 2.05) is 6.92 Å². The predicted octanol–water partition coefficient (Wildman–Crippen LogP) is 3.99. The maximum Gasteiger partial charge on any atom is 0.188 e. The van der Waals surface area contributed by atoms with E-state index in [0.29, 0.717) is 26.3 Å². The maximum absolute atomic E-state index is 13.3. The standard InChI is InChI=1S/C13H10FN3OS2/c1-2-20-13-11(17-7-15-6-16-17)12(19)9-4-3-8(14)5-10(9)18-13/h3-7H,2H2,1H3. The topological polar surface area (TPSA) is 43.9 Å². The number of benzene rings is 1. The summed E-state index contributed by atoms with van der Waals surface area (Å²) in [5.41, 5.74) is 1.11. The molecule has 0 unspecified atom stereocenters. The Bertz CT molecular complexity index is 814. The first kappa shape index (κ1) is 13.3. The van der Waals surface area contributed by atoms with Gasteiger partial charge in [-0.25, -0.2) is 14.1 Å². The van der Waals surface area contributed by atoms with Gasteiger partial charge in [-0.05, 0) is 17.9 Å². The molecule has 1 aromatic carbocycles. The first-order valence-electron chi connectivity index (χ1n) is 5.95. The first-order valence-corrected chi connectivity index (χ1v) is 7.34. The van der Waals surface area contributed by atoms with Crippen molar-refractivity contribution in [1.82, 2.24) is 14.8 Å². The van der Waals surface area contributed by atoms with E-state index in [2.05, 4.69) is 10.1 Å². The van der Waals surface area contributed by atoms with Crippen LogP contribution in [-0.4, -0.2) is 20.5 Å². The van der Waals surface area contributed by atoms with Crippen LogP contribution in [0.1, 0.15) is 6.92 Å². The summed E-state index contributed by atoms with van der Waals surface area (Å²) < 4.78 is 21.3. The highest BCUT2D eigenvalue weighted by molar-refractivity contribution is 7.99. The fourth-order valence-corrected chi connectivity index (χ4v) is 3.05. The number of thioether (sulfide) groups is 1. The van der Waals surface area contributed by atoms with Crippen LogP contribution in [0.3, 0.4) is 0 Å². The van der Waals surface area contributed by atoms with Crippen molar-refractivity contribution in [3.63, 3.8) is 0 Å². The molecule has 0 radical (unpaired) electrons. The van der Waals surface area contributed by atoms with Gasteiger partial charge in [-0.15, -0.1) is 0 Å². The van der Waals surface area contributed by atoms with E-state index < -0.39 is 0 Å². The van der Waals surface area contributed by atoms with Gasteiger partial charge >= 0.3 is 0 Å². The Morgan fingerprint density at radius 1 is 1.45 bits per heavy atom. The van der Waals surface area contributed by atoms with Crippen molar-refractivity contribution in [3.8, 4) is 5.69 Å². The third kappa shape index (κ3) is 2.23. The van der Waals surface area contributed by atoms with Gasteiger partial charge in [-0.2, -0.15) is 5.10 Å². The lowest BCUT2D eigenvalue weighted by molar-refractivity contribution is 0.489. The van der Waals surface area contributed by atoms with Gasteiger partial charge in [0, 0.05) is 11.5 Å². The fraction of sp³-hybridized carbons (Fsp3) is 0.154. The SMILES string of the molecule is CCSc1oc2cc(F)ccc2c(=S)c1-n1cncn1. The van der Waals surface area contributed by atoms with E-state index in [9.17, 15) is 4.39 Å². The highest BCUT2D eigenvalue weighted by atomic mass is 32.2. The minimum atomic E-state index is -0.350. The average molecular weight is 307 g/mol. The highest BCUT2D eigenvalue weighted by Gasteiger charge is 2.15. The molecule has 0 saturated heterocycles. The zero-order valence-corrected chi connectivity index (χ0v) is 12.2. The van der Waals surface area contributed by atoms with Crippen LogP contribution in [0.4, 0.5) is 4.39 Å². The molecule has 0 atom stereocenters. The molecule has 3 aromatic rings. The van der Waals surface area contributed by atoms with Crippen molar-refractivity contribution >= 4 is 34.9 Å². The van der Waals surface area contributed by atoms with Gasteiger partial charge in [0.15, 0.2) is 5.09 Å². The summed E-state index contributed by atoms with van der Waals surface area (Å²) in [6.07, 6.45) is 3.00. The Labute approximate surface area is 123 Å². The highest BCUT2D eigenvalue weighted by Crippen LogP contribution is 2.32. The summed E-state index contributed by atoms with van der Waals surface area (Å²) in [7, 11) is 0. The van der Waals surface area contributed by atoms with Crippen molar-refractivity contribution in [1.29, 1.82) is 0 Å². The Morgan fingerprint density at radius 2 is 2.30 bits per heavy atom. The molecule has 0 amide bonds. The van der Waals surface area contributed by atoms with Gasteiger partial charge in [-0.3, -0.25) is 0 Å². The molecular formula is C13H10FN3OS2. The van der Waals surface area contributed by atoms with Crippen LogP contribution in [0.2, 0.25) is 0 Å². The first-order chi connectivity index (χ1) is 9.70. The Morgan fingerprint density at radius 3 is 3.00 bits per heavy atom. The van der Waals surface area contributed by atoms with Crippen LogP contribution in [0.25, 0.3) is 16.7 Å². The third-order valence-electron chi connectivity index (χ3n) is 2.72. The molecular weight excluding hydrogens is 297 g/mol. The van der Waals surface area contributed by atoms with Gasteiger partial charge in [-0.1, -0.05) is 30.9 Å². The van der Waals surface area contributed by atoms with Crippen molar-refractivity contribution in [3.05, 3.63) is 41.2 Å². The summed E-state index contributed by atoms with van der Waals surface area (Å²) in [5.74, 6) is 0.456. The van der Waals surface area contributed by atoms with Crippen LogP contribution >= 0.6 is 24.0 Å². The minimum absolute atomic E-state index is 0.350. The van der Waals surface area contributed by atoms with E-state index >= 15 is 0 Å². The molecule has 0 bridgehead atoms. The van der Waals surface area contributed by atoms with Gasteiger partial charge < -0.3 is 4.42 Å². The molecule has 3 rings (SSSR count). The lowest BCUT2D eigenvalue weighted by atomic mass is 10.2. The minimum Gasteiger partial charge on any atom is -0.447 e. The van der Waals surface area contributed by atoms with Crippen LogP contribution in [0.15, 0.2) is 40.4 Å². The fourth-order valence-electron chi connectivity index (χ4n) is 1.89. The summed E-state index contributed by atoms with van der Waals surface area (Å²) in [6.45, 7) is 2.00. The summed E-state index contributed by atoms with van der Waals surface area (Å²) >= 11 is 6.99. The number of aromatic nitrogens is 3. The second-order valence-corrected chi connectivity index (χ2v) is 5.63. The van der Waals surface area contributed by atoms with Crippen LogP contribution in [0, 0.1) is 10.3 Å². The van der Waals surface area contributed by atoms with E-state index in [-0.39, 0.29) is 5.82 Å². The van der Waals surface area contributed by atoms with Crippen molar-refractivity contribution in [2.75, 3.05) is 5.75 Å². The van der Waals surface area contributed by atoms with E-state index in [0.717, 1.165) is 5.75 Å². The number of hydrogen-bond donors (Lipinski definition) is 0. The maximum atomic E-state index is 13.3. The Kier molecular flexibility index (Phi) is 3.54. The largest absolute Gasteiger partial charge is 0.447 e. The number of halogens is 1. The monoisotopic (exact) mass is 307 g/mol. The lowest BCUT2D eigenvalue weighted by Gasteiger charge is -2.09. The second-order valence-electron chi connectivity index (χ2n) is 3.98. The molecule has 20 heavy (non-hydrogen) atoms. The number of nitrogens with zero attached hydrogens (tertiary/aromatic N) is 3. The van der Waals surface area contributed by atoms with Crippen molar-refractivity contribution < 1.29 is 8.81 Å². The van der Waals surface area contributed by atoms with Crippen molar-refractivity contribution in [2.24, 2.45) is 0 Å². The van der Waals surface area contributed by atoms with Gasteiger partial charge in [0.05, 0.1) is 4.51 Å². The number of fused-ring (bicyclic) bond motifs is 1. The molecule has 0 spiro atoms. The third-order valence-corrected chi connectivity index (χ3v) is 3.96. The smallest absolute Gasteiger partial charge is 0.188 e. The second kappa shape index (κ2) is 5.34. The molecule has 0 aliphatic carbocycles. The van der Waals surface area contributed by atoms with Gasteiger partial charge in [0.2, 0.25) is 0 Å². The summed E-state index contributed by atoms with van der Waals surface area (Å²) in [6, 6.07) is 4.33. The van der Waals surface area contributed by atoms with Crippen LogP contribution in [-0.2, 0) is 0 Å². The van der Waals surface area contributed by atoms with E-state index in [4.69, 9.17) is 16.6 Å². The van der Waals surface area contributed by atoms with Crippen molar-refractivity contribution in [2.45, 2.75) is 12.0 Å². The Hall–Kier alpha value is -1.73. The number of hydrogen-bond acceptors (Lipinski definition) is 5. The molecule has 0 fully saturated rings. The summed E-state index contributed by atoms with van der Waals surface area (Å²) in [5, 5.41) is 5.41. The van der Waals surface area contributed by atoms with Crippen LogP contribution < -0.4 is 0 Å². The Balaban J connectivity index is 2.37. The van der Waals surface area contributed by atoms with Gasteiger partial charge in [0.1, 0.15) is 29.7 Å². The average Bonchev–Trinajstić information content (AvgIpc) is 2.92. The van der Waals surface area contributed by atoms with E-state index in [1.54, 1.807) is 17.1 Å². The molecule has 2 aromatic heterocycles. The molecule has 4 nitrogen and oxygen atoms in total. The zero-order chi connectivity index (χ0) is 14.1. The normalized spacial score (nSPS) is 11.1. The zero-order valence-electron chi connectivity index (χ0n) is 10.5. The quantitative estimate of drug-likeness (QED) is 0.540. The molecule has 0 saturated carbocycles. The summed E-state index contributed by atoms with van der Waals surface area (Å²) in [4.78, 5) is 3.93. The molecule has 7 heteroatoms. The molecule has 0 aliphatic heterocycles. The predicted molar refractivity (Wildman–Crippen MR) is 78.3 cm³/mol. The molecule has 0 N–H and O–H groups in total. The van der Waals surface area contributed by atoms with E-state index in [1.165, 1.54) is 30.2 Å². The van der Waals surface area contributed by atoms with Gasteiger partial charge in [0.25, 0.3) is 0 Å². The molecule has 102 valence electrons.